The number of hydrogen-bond donors (Lipinski definition) is 0. The van der Waals surface area contributed by atoms with Gasteiger partial charge in [-0.05, 0) is 51.2 Å². The van der Waals surface area contributed by atoms with Crippen molar-refractivity contribution in [2.75, 3.05) is 20.2 Å². The maximum atomic E-state index is 6.47. The van der Waals surface area contributed by atoms with Crippen molar-refractivity contribution < 1.29 is 33.2 Å². The summed E-state index contributed by atoms with van der Waals surface area (Å²) in [5, 5.41) is 6.61. The summed E-state index contributed by atoms with van der Waals surface area (Å²) in [6, 6.07) is 31.3. The van der Waals surface area contributed by atoms with Crippen molar-refractivity contribution in [2.45, 2.75) is 31.5 Å². The lowest BCUT2D eigenvalue weighted by molar-refractivity contribution is -0.984. The molecule has 5 atom stereocenters. The van der Waals surface area contributed by atoms with Crippen molar-refractivity contribution in [1.82, 2.24) is 4.98 Å². The van der Waals surface area contributed by atoms with Crippen LogP contribution in [0.25, 0.3) is 32.4 Å². The smallest absolute Gasteiger partial charge is 0.135 e. The standard InChI is InChI=1S/C35H35N2O.HI/c1-3-24-22-37(23-32-28-12-6-4-10-26(28)20-27-11-5-7-13-29(27)32)19-17-25(24)21-34(37)35(38-2)31-16-18-36-33-15-9-8-14-30(31)33;/h3-16,18,20,24-25,34-35H,1,17,19,21-23H2,2H3;1H/q+1;/p-1/t24?,25?,34?,35?,37-;/m0./s1. The van der Waals surface area contributed by atoms with E-state index in [0.717, 1.165) is 29.5 Å². The molecule has 39 heavy (non-hydrogen) atoms. The molecule has 0 amide bonds. The van der Waals surface area contributed by atoms with Gasteiger partial charge >= 0.3 is 0 Å². The number of piperidine rings is 3. The van der Waals surface area contributed by atoms with Crippen molar-refractivity contribution in [2.24, 2.45) is 11.8 Å². The molecule has 4 heterocycles. The highest BCUT2D eigenvalue weighted by molar-refractivity contribution is 6.02. The van der Waals surface area contributed by atoms with Crippen LogP contribution in [0.2, 0.25) is 0 Å². The quantitative estimate of drug-likeness (QED) is 0.117. The fourth-order valence-corrected chi connectivity index (χ4v) is 7.81. The third-order valence-electron chi connectivity index (χ3n) is 9.62. The van der Waals surface area contributed by atoms with E-state index < -0.39 is 0 Å². The molecule has 8 rings (SSSR count). The number of para-hydroxylation sites is 1. The Morgan fingerprint density at radius 2 is 1.62 bits per heavy atom. The third kappa shape index (κ3) is 4.37. The molecule has 1 aromatic heterocycles. The van der Waals surface area contributed by atoms with Crippen LogP contribution in [0.5, 0.6) is 0 Å². The van der Waals surface area contributed by atoms with E-state index in [4.69, 9.17) is 4.74 Å². The Morgan fingerprint density at radius 1 is 0.949 bits per heavy atom. The van der Waals surface area contributed by atoms with E-state index in [0.29, 0.717) is 17.9 Å². The van der Waals surface area contributed by atoms with Gasteiger partial charge in [0.15, 0.2) is 0 Å². The maximum Gasteiger partial charge on any atom is 0.135 e. The highest BCUT2D eigenvalue weighted by Crippen LogP contribution is 2.49. The average molecular weight is 627 g/mol. The number of quaternary nitrogens is 1. The van der Waals surface area contributed by atoms with Gasteiger partial charge < -0.3 is 33.2 Å². The number of ether oxygens (including phenoxy) is 1. The van der Waals surface area contributed by atoms with Crippen LogP contribution in [0.15, 0.2) is 104 Å². The van der Waals surface area contributed by atoms with Crippen molar-refractivity contribution in [3.05, 3.63) is 115 Å². The van der Waals surface area contributed by atoms with Gasteiger partial charge in [0.1, 0.15) is 18.7 Å². The van der Waals surface area contributed by atoms with E-state index >= 15 is 0 Å². The van der Waals surface area contributed by atoms with Gasteiger partial charge in [-0.15, -0.1) is 6.58 Å². The monoisotopic (exact) mass is 626 g/mol. The molecule has 4 aromatic carbocycles. The van der Waals surface area contributed by atoms with Crippen LogP contribution in [0.1, 0.15) is 30.1 Å². The first-order valence-corrected chi connectivity index (χ1v) is 13.9. The minimum absolute atomic E-state index is 0. The summed E-state index contributed by atoms with van der Waals surface area (Å²) in [6.45, 7) is 7.59. The number of aromatic nitrogens is 1. The Kier molecular flexibility index (Phi) is 7.21. The van der Waals surface area contributed by atoms with Crippen LogP contribution in [-0.2, 0) is 11.3 Å². The number of methoxy groups -OCH3 is 1. The van der Waals surface area contributed by atoms with Crippen LogP contribution in [0.3, 0.4) is 0 Å². The predicted molar refractivity (Wildman–Crippen MR) is 157 cm³/mol. The topological polar surface area (TPSA) is 22.1 Å². The second-order valence-electron chi connectivity index (χ2n) is 11.4. The first-order valence-electron chi connectivity index (χ1n) is 13.9. The van der Waals surface area contributed by atoms with Gasteiger partial charge in [-0.3, -0.25) is 4.98 Å². The maximum absolute atomic E-state index is 6.47. The molecule has 0 saturated carbocycles. The fourth-order valence-electron chi connectivity index (χ4n) is 7.81. The van der Waals surface area contributed by atoms with Crippen molar-refractivity contribution in [3.63, 3.8) is 0 Å². The second kappa shape index (κ2) is 10.6. The summed E-state index contributed by atoms with van der Waals surface area (Å²) < 4.78 is 7.52. The van der Waals surface area contributed by atoms with E-state index in [1.807, 2.05) is 13.3 Å². The zero-order chi connectivity index (χ0) is 25.7. The van der Waals surface area contributed by atoms with Crippen LogP contribution in [-0.4, -0.2) is 35.7 Å². The molecule has 4 heteroatoms. The van der Waals surface area contributed by atoms with Gasteiger partial charge in [-0.1, -0.05) is 72.8 Å². The highest BCUT2D eigenvalue weighted by atomic mass is 127. The molecule has 0 radical (unpaired) electrons. The molecule has 5 aromatic rings. The Bertz CT molecular complexity index is 1610. The first kappa shape index (κ1) is 26.4. The van der Waals surface area contributed by atoms with Crippen LogP contribution in [0, 0.1) is 11.8 Å². The lowest BCUT2D eigenvalue weighted by Crippen LogP contribution is -3.00. The molecule has 0 spiro atoms. The number of nitrogens with zero attached hydrogens (tertiary/aromatic N) is 2. The number of rotatable bonds is 6. The zero-order valence-electron chi connectivity index (χ0n) is 22.5. The number of hydrogen-bond acceptors (Lipinski definition) is 2. The zero-order valence-corrected chi connectivity index (χ0v) is 24.6. The molecule has 4 unspecified atom stereocenters. The Labute approximate surface area is 248 Å². The largest absolute Gasteiger partial charge is 1.00 e. The van der Waals surface area contributed by atoms with E-state index in [9.17, 15) is 0 Å². The van der Waals surface area contributed by atoms with Crippen LogP contribution >= 0.6 is 0 Å². The molecule has 3 aliphatic rings. The van der Waals surface area contributed by atoms with Crippen molar-refractivity contribution in [1.29, 1.82) is 0 Å². The lowest BCUT2D eigenvalue weighted by atomic mass is 9.71. The van der Waals surface area contributed by atoms with Gasteiger partial charge in [-0.2, -0.15) is 0 Å². The number of fused-ring (bicyclic) bond motifs is 6. The van der Waals surface area contributed by atoms with E-state index in [1.165, 1.54) is 51.0 Å². The highest BCUT2D eigenvalue weighted by Gasteiger charge is 2.54. The summed E-state index contributed by atoms with van der Waals surface area (Å²) in [4.78, 5) is 4.66. The van der Waals surface area contributed by atoms with E-state index in [-0.39, 0.29) is 30.1 Å². The molecular formula is C35H35IN2O. The van der Waals surface area contributed by atoms with E-state index in [1.54, 1.807) is 0 Å². The third-order valence-corrected chi connectivity index (χ3v) is 9.62. The van der Waals surface area contributed by atoms with Gasteiger partial charge in [0.05, 0.1) is 18.6 Å². The molecule has 3 aliphatic heterocycles. The van der Waals surface area contributed by atoms with Gasteiger partial charge in [0.25, 0.3) is 0 Å². The van der Waals surface area contributed by atoms with Gasteiger partial charge in [0, 0.05) is 43.0 Å². The molecular weight excluding hydrogens is 591 g/mol. The minimum atomic E-state index is 0. The molecule has 3 fully saturated rings. The second-order valence-corrected chi connectivity index (χ2v) is 11.4. The first-order chi connectivity index (χ1) is 18.7. The summed E-state index contributed by atoms with van der Waals surface area (Å²) in [5.74, 6) is 1.22. The fraction of sp³-hybridized carbons (Fsp3) is 0.286. The Morgan fingerprint density at radius 3 is 2.31 bits per heavy atom. The summed E-state index contributed by atoms with van der Waals surface area (Å²) in [6.07, 6.45) is 6.61. The summed E-state index contributed by atoms with van der Waals surface area (Å²) >= 11 is 0. The lowest BCUT2D eigenvalue weighted by Gasteiger charge is -2.58. The molecule has 3 nitrogen and oxygen atoms in total. The SMILES string of the molecule is C=CC1C[N@+]2(Cc3c4ccccc4cc4ccccc34)CCC1CC2C(OC)c1ccnc2ccccc12.[I-]. The van der Waals surface area contributed by atoms with Crippen molar-refractivity contribution in [3.8, 4) is 0 Å². The molecule has 0 aliphatic carbocycles. The van der Waals surface area contributed by atoms with E-state index in [2.05, 4.69) is 103 Å². The van der Waals surface area contributed by atoms with Crippen molar-refractivity contribution >= 4 is 32.4 Å². The molecule has 2 bridgehead atoms. The number of halogens is 1. The average Bonchev–Trinajstić information content (AvgIpc) is 2.98. The summed E-state index contributed by atoms with van der Waals surface area (Å²) in [7, 11) is 1.90. The minimum Gasteiger partial charge on any atom is -1.00 e. The molecule has 198 valence electrons. The number of benzene rings is 4. The van der Waals surface area contributed by atoms with Gasteiger partial charge in [-0.25, -0.2) is 0 Å². The van der Waals surface area contributed by atoms with Crippen LogP contribution in [0.4, 0.5) is 0 Å². The van der Waals surface area contributed by atoms with Gasteiger partial charge in [0.2, 0.25) is 0 Å². The van der Waals surface area contributed by atoms with Crippen LogP contribution < -0.4 is 24.0 Å². The Balaban J connectivity index is 0.00000277. The normalized spacial score (nSPS) is 25.0. The Hall–Kier alpha value is -2.80. The summed E-state index contributed by atoms with van der Waals surface area (Å²) in [5.41, 5.74) is 3.78. The molecule has 0 N–H and O–H groups in total. The molecule has 3 saturated heterocycles. The number of pyridine rings is 1. The predicted octanol–water partition coefficient (Wildman–Crippen LogP) is 4.84.